The second-order valence-electron chi connectivity index (χ2n) is 5.16. The van der Waals surface area contributed by atoms with E-state index in [1.165, 1.54) is 12.3 Å². The van der Waals surface area contributed by atoms with E-state index in [4.69, 9.17) is 10.6 Å². The Morgan fingerprint density at radius 3 is 2.41 bits per heavy atom. The third-order valence-corrected chi connectivity index (χ3v) is 3.94. The van der Waals surface area contributed by atoms with Crippen molar-refractivity contribution >= 4 is 45.9 Å². The molecule has 1 fully saturated rings. The van der Waals surface area contributed by atoms with Gasteiger partial charge in [-0.15, -0.1) is 11.3 Å². The van der Waals surface area contributed by atoms with Crippen molar-refractivity contribution in [2.75, 3.05) is 18.9 Å². The van der Waals surface area contributed by atoms with E-state index in [0.717, 1.165) is 16.4 Å². The van der Waals surface area contributed by atoms with Crippen LogP contribution in [0.5, 0.6) is 0 Å². The number of aromatic nitrogens is 1. The van der Waals surface area contributed by atoms with Gasteiger partial charge in [0.25, 0.3) is 11.8 Å². The number of nitrogens with zero attached hydrogens (tertiary/aromatic N) is 3. The molecule has 1 aliphatic heterocycles. The number of nitrogens with one attached hydrogen (secondary N) is 1. The van der Waals surface area contributed by atoms with Gasteiger partial charge in [-0.25, -0.2) is 10.0 Å². The fourth-order valence-electron chi connectivity index (χ4n) is 2.04. The molecule has 0 unspecified atom stereocenters. The van der Waals surface area contributed by atoms with Crippen LogP contribution in [0.3, 0.4) is 0 Å². The molecule has 0 spiro atoms. The minimum absolute atomic E-state index is 0. The molecule has 2 atom stereocenters. The van der Waals surface area contributed by atoms with Gasteiger partial charge in [0.15, 0.2) is 17.5 Å². The molecule has 2 amide bonds. The zero-order chi connectivity index (χ0) is 20.1. The summed E-state index contributed by atoms with van der Waals surface area (Å²) >= 11 is 1.00. The number of hydrogen-bond acceptors (Lipinski definition) is 12. The first-order valence-corrected chi connectivity index (χ1v) is 8.16. The van der Waals surface area contributed by atoms with Crippen LogP contribution in [0.15, 0.2) is 10.5 Å². The zero-order valence-electron chi connectivity index (χ0n) is 15.7. The standard InChI is InChI=1S/C13H15N5O8S.2Na/c1-5-9(12(24)18(5)26-3-8(21)22)16-11(23)10(17-25-2-7(19)20)6-4-27-13(14)15-6;;/h4-5,9H,2-3H2,1H3,(H2,14,15)(H,16,23)(H,19,20)(H,21,22);;/q;2*+1/p-2/b17-10-;;/t5-,9-;;/m0../s1. The number of hydroxylamine groups is 2. The Morgan fingerprint density at radius 1 is 1.31 bits per heavy atom. The summed E-state index contributed by atoms with van der Waals surface area (Å²) in [6.07, 6.45) is 0. The van der Waals surface area contributed by atoms with Crippen molar-refractivity contribution in [3.63, 3.8) is 0 Å². The molecule has 0 aromatic carbocycles. The summed E-state index contributed by atoms with van der Waals surface area (Å²) in [4.78, 5) is 58.3. The van der Waals surface area contributed by atoms with E-state index >= 15 is 0 Å². The van der Waals surface area contributed by atoms with Crippen LogP contribution in [-0.4, -0.2) is 64.8 Å². The molecule has 0 aliphatic carbocycles. The molecule has 1 aromatic rings. The van der Waals surface area contributed by atoms with Gasteiger partial charge in [0.05, 0.1) is 18.0 Å². The minimum atomic E-state index is -1.56. The predicted molar refractivity (Wildman–Crippen MR) is 83.2 cm³/mol. The van der Waals surface area contributed by atoms with Crippen LogP contribution >= 0.6 is 11.3 Å². The summed E-state index contributed by atoms with van der Waals surface area (Å²) in [6.45, 7) is -0.218. The van der Waals surface area contributed by atoms with Gasteiger partial charge in [0, 0.05) is 5.38 Å². The number of β-lactam (4-membered cyclic amide) rings is 1. The third-order valence-electron chi connectivity index (χ3n) is 3.26. The maximum absolute atomic E-state index is 12.4. The first kappa shape index (κ1) is 27.7. The molecule has 146 valence electrons. The number of hydrogen-bond donors (Lipinski definition) is 2. The number of carboxylic acid groups (broad SMARTS) is 2. The number of thiazole rings is 1. The Bertz CT molecular complexity index is 804. The summed E-state index contributed by atoms with van der Waals surface area (Å²) in [5.41, 5.74) is 5.11. The SMILES string of the molecule is C[C@H]1[C@H](NC(=O)/C(=N\OCC(=O)[O-])c2csc(N)n2)C(=O)N1OCC(=O)[O-].[Na+].[Na+]. The van der Waals surface area contributed by atoms with Crippen LogP contribution in [0.1, 0.15) is 12.6 Å². The molecule has 1 aliphatic rings. The summed E-state index contributed by atoms with van der Waals surface area (Å²) in [7, 11) is 0. The van der Waals surface area contributed by atoms with Gasteiger partial charge >= 0.3 is 59.1 Å². The molecule has 16 heteroatoms. The number of carbonyl (C=O) groups is 4. The zero-order valence-corrected chi connectivity index (χ0v) is 20.6. The number of carboxylic acids is 2. The van der Waals surface area contributed by atoms with Crippen molar-refractivity contribution in [3.05, 3.63) is 11.1 Å². The van der Waals surface area contributed by atoms with Crippen molar-refractivity contribution in [1.82, 2.24) is 15.4 Å². The molecule has 2 heterocycles. The van der Waals surface area contributed by atoms with Gasteiger partial charge in [0.1, 0.15) is 18.3 Å². The molecule has 2 rings (SSSR count). The third kappa shape index (κ3) is 7.49. The normalized spacial score (nSPS) is 18.0. The van der Waals surface area contributed by atoms with E-state index in [1.807, 2.05) is 0 Å². The number of anilines is 1. The maximum Gasteiger partial charge on any atom is 1.00 e. The van der Waals surface area contributed by atoms with E-state index in [2.05, 4.69) is 20.3 Å². The van der Waals surface area contributed by atoms with Gasteiger partial charge < -0.3 is 35.7 Å². The monoisotopic (exact) mass is 445 g/mol. The number of nitrogen functional groups attached to an aromatic ring is 1. The first-order chi connectivity index (χ1) is 12.7. The fraction of sp³-hybridized carbons (Fsp3) is 0.385. The molecule has 13 nitrogen and oxygen atoms in total. The molecular weight excluding hydrogens is 432 g/mol. The molecule has 0 bridgehead atoms. The second kappa shape index (κ2) is 12.4. The van der Waals surface area contributed by atoms with E-state index in [0.29, 0.717) is 0 Å². The van der Waals surface area contributed by atoms with E-state index in [9.17, 15) is 29.4 Å². The molecular formula is C13H13N5Na2O8S. The van der Waals surface area contributed by atoms with Crippen LogP contribution in [0, 0.1) is 0 Å². The van der Waals surface area contributed by atoms with Crippen molar-refractivity contribution in [2.24, 2.45) is 5.16 Å². The number of aliphatic carboxylic acids is 2. The largest absolute Gasteiger partial charge is 1.00 e. The van der Waals surface area contributed by atoms with Gasteiger partial charge in [-0.2, -0.15) is 0 Å². The van der Waals surface area contributed by atoms with Crippen molar-refractivity contribution in [2.45, 2.75) is 19.0 Å². The van der Waals surface area contributed by atoms with E-state index < -0.39 is 54.8 Å². The molecule has 3 N–H and O–H groups in total. The Kier molecular flexibility index (Phi) is 11.9. The summed E-state index contributed by atoms with van der Waals surface area (Å²) < 4.78 is 0. The van der Waals surface area contributed by atoms with Gasteiger partial charge in [-0.1, -0.05) is 5.16 Å². The summed E-state index contributed by atoms with van der Waals surface area (Å²) in [5.74, 6) is -4.64. The van der Waals surface area contributed by atoms with Crippen LogP contribution in [0.25, 0.3) is 0 Å². The first-order valence-electron chi connectivity index (χ1n) is 7.28. The number of nitrogens with two attached hydrogens (primary N) is 1. The number of carbonyl (C=O) groups excluding carboxylic acids is 4. The van der Waals surface area contributed by atoms with E-state index in [1.54, 1.807) is 0 Å². The Morgan fingerprint density at radius 2 is 1.93 bits per heavy atom. The molecule has 0 saturated carbocycles. The van der Waals surface area contributed by atoms with Gasteiger partial charge in [-0.05, 0) is 6.92 Å². The van der Waals surface area contributed by atoms with Crippen molar-refractivity contribution in [1.29, 1.82) is 0 Å². The molecule has 29 heavy (non-hydrogen) atoms. The summed E-state index contributed by atoms with van der Waals surface area (Å²) in [5, 5.41) is 28.9. The Labute approximate surface area is 212 Å². The number of rotatable bonds is 9. The maximum atomic E-state index is 12.4. The van der Waals surface area contributed by atoms with Crippen LogP contribution in [0.4, 0.5) is 5.13 Å². The minimum Gasteiger partial charge on any atom is -0.548 e. The van der Waals surface area contributed by atoms with Gasteiger partial charge in [-0.3, -0.25) is 14.4 Å². The Hall–Kier alpha value is -1.26. The second-order valence-corrected chi connectivity index (χ2v) is 6.05. The topological polar surface area (TPSA) is 199 Å². The number of oxime groups is 1. The molecule has 1 aromatic heterocycles. The quantitative estimate of drug-likeness (QED) is 0.159. The van der Waals surface area contributed by atoms with E-state index in [-0.39, 0.29) is 69.9 Å². The van der Waals surface area contributed by atoms with Crippen molar-refractivity contribution < 1.29 is 98.2 Å². The van der Waals surface area contributed by atoms with Crippen LogP contribution in [0.2, 0.25) is 0 Å². The average molecular weight is 445 g/mol. The van der Waals surface area contributed by atoms with Crippen LogP contribution in [-0.2, 0) is 28.9 Å². The molecule has 0 radical (unpaired) electrons. The van der Waals surface area contributed by atoms with Crippen molar-refractivity contribution in [3.8, 4) is 0 Å². The fourth-order valence-corrected chi connectivity index (χ4v) is 2.59. The van der Waals surface area contributed by atoms with Crippen LogP contribution < -0.4 is 80.4 Å². The Balaban J connectivity index is 0.00000392. The smallest absolute Gasteiger partial charge is 0.548 e. The predicted octanol–water partition coefficient (Wildman–Crippen LogP) is -10.4. The average Bonchev–Trinajstić information content (AvgIpc) is 3.02. The van der Waals surface area contributed by atoms with Gasteiger partial charge in [0.2, 0.25) is 0 Å². The number of amides is 2. The summed E-state index contributed by atoms with van der Waals surface area (Å²) in [6, 6.07) is -1.70. The molecule has 1 saturated heterocycles.